The quantitative estimate of drug-likeness (QED) is 0.713. The zero-order valence-electron chi connectivity index (χ0n) is 13.4. The van der Waals surface area contributed by atoms with Crippen molar-refractivity contribution in [1.29, 1.82) is 0 Å². The van der Waals surface area contributed by atoms with Gasteiger partial charge in [-0.3, -0.25) is 0 Å². The maximum atomic E-state index is 13.0. The molecule has 0 N–H and O–H groups in total. The van der Waals surface area contributed by atoms with Crippen LogP contribution in [-0.2, 0) is 0 Å². The van der Waals surface area contributed by atoms with Crippen molar-refractivity contribution in [3.63, 3.8) is 0 Å². The first kappa shape index (κ1) is 14.8. The molecule has 5 nitrogen and oxygen atoms in total. The topological polar surface area (TPSA) is 61.0 Å². The summed E-state index contributed by atoms with van der Waals surface area (Å²) >= 11 is 0. The van der Waals surface area contributed by atoms with Gasteiger partial charge in [-0.2, -0.15) is 4.98 Å². The molecule has 0 aliphatic carbocycles. The first-order chi connectivity index (χ1) is 11.5. The van der Waals surface area contributed by atoms with Crippen molar-refractivity contribution in [1.82, 2.24) is 15.1 Å². The minimum atomic E-state index is -0.400. The first-order valence-electron chi connectivity index (χ1n) is 7.75. The molecule has 1 aromatic carbocycles. The molecular formula is C18H16FN3O2. The van der Waals surface area contributed by atoms with E-state index in [0.29, 0.717) is 17.4 Å². The van der Waals surface area contributed by atoms with Gasteiger partial charge in [-0.05, 0) is 32.0 Å². The van der Waals surface area contributed by atoms with Gasteiger partial charge in [0, 0.05) is 12.0 Å². The van der Waals surface area contributed by atoms with Crippen LogP contribution in [0.5, 0.6) is 5.75 Å². The van der Waals surface area contributed by atoms with Crippen LogP contribution in [0.2, 0.25) is 0 Å². The van der Waals surface area contributed by atoms with E-state index in [1.807, 2.05) is 38.1 Å². The van der Waals surface area contributed by atoms with E-state index in [4.69, 9.17) is 9.26 Å². The number of pyridine rings is 1. The van der Waals surface area contributed by atoms with Crippen LogP contribution in [0, 0.1) is 5.82 Å². The van der Waals surface area contributed by atoms with Crippen LogP contribution in [-0.4, -0.2) is 20.7 Å². The summed E-state index contributed by atoms with van der Waals surface area (Å²) in [5.74, 6) is 1.25. The van der Waals surface area contributed by atoms with Gasteiger partial charge in [0.2, 0.25) is 11.7 Å². The van der Waals surface area contributed by atoms with Gasteiger partial charge < -0.3 is 9.26 Å². The van der Waals surface area contributed by atoms with Crippen molar-refractivity contribution in [2.45, 2.75) is 31.8 Å². The minimum absolute atomic E-state index is 0.0494. The molecule has 6 heteroatoms. The third-order valence-electron chi connectivity index (χ3n) is 4.07. The lowest BCUT2D eigenvalue weighted by atomic mass is 9.84. The molecule has 0 spiro atoms. The van der Waals surface area contributed by atoms with E-state index in [1.54, 1.807) is 0 Å². The Morgan fingerprint density at radius 2 is 2.00 bits per heavy atom. The smallest absolute Gasteiger partial charge is 0.234 e. The van der Waals surface area contributed by atoms with Gasteiger partial charge in [-0.1, -0.05) is 23.4 Å². The summed E-state index contributed by atoms with van der Waals surface area (Å²) in [4.78, 5) is 8.48. The van der Waals surface area contributed by atoms with Crippen molar-refractivity contribution in [3.05, 3.63) is 59.9 Å². The highest BCUT2D eigenvalue weighted by molar-refractivity contribution is 5.48. The van der Waals surface area contributed by atoms with Gasteiger partial charge in [0.15, 0.2) is 0 Å². The first-order valence-corrected chi connectivity index (χ1v) is 7.75. The highest BCUT2D eigenvalue weighted by atomic mass is 19.1. The molecule has 1 unspecified atom stereocenters. The van der Waals surface area contributed by atoms with Crippen LogP contribution in [0.15, 0.2) is 47.1 Å². The number of hydrogen-bond donors (Lipinski definition) is 0. The minimum Gasteiger partial charge on any atom is -0.488 e. The van der Waals surface area contributed by atoms with E-state index in [1.165, 1.54) is 12.1 Å². The number of hydrogen-bond acceptors (Lipinski definition) is 5. The van der Waals surface area contributed by atoms with E-state index < -0.39 is 5.82 Å². The number of rotatable bonds is 2. The molecular weight excluding hydrogens is 309 g/mol. The molecule has 1 aliphatic rings. The predicted molar refractivity (Wildman–Crippen MR) is 85.1 cm³/mol. The van der Waals surface area contributed by atoms with E-state index in [2.05, 4.69) is 15.1 Å². The number of para-hydroxylation sites is 1. The largest absolute Gasteiger partial charge is 0.488 e. The maximum Gasteiger partial charge on any atom is 0.234 e. The Bertz CT molecular complexity index is 874. The molecule has 0 bridgehead atoms. The summed E-state index contributed by atoms with van der Waals surface area (Å²) < 4.78 is 24.5. The molecule has 122 valence electrons. The highest BCUT2D eigenvalue weighted by Gasteiger charge is 2.37. The van der Waals surface area contributed by atoms with Crippen molar-refractivity contribution in [2.75, 3.05) is 0 Å². The molecule has 0 amide bonds. The van der Waals surface area contributed by atoms with Gasteiger partial charge >= 0.3 is 0 Å². The Labute approximate surface area is 138 Å². The van der Waals surface area contributed by atoms with Crippen LogP contribution < -0.4 is 4.74 Å². The van der Waals surface area contributed by atoms with Crippen molar-refractivity contribution >= 4 is 0 Å². The Balaban J connectivity index is 1.73. The summed E-state index contributed by atoms with van der Waals surface area (Å²) in [5, 5.41) is 4.00. The number of halogens is 1. The predicted octanol–water partition coefficient (Wildman–Crippen LogP) is 3.96. The molecule has 3 heterocycles. The van der Waals surface area contributed by atoms with Gasteiger partial charge in [0.1, 0.15) is 22.9 Å². The summed E-state index contributed by atoms with van der Waals surface area (Å²) in [7, 11) is 0. The molecule has 3 aromatic rings. The second kappa shape index (κ2) is 5.40. The van der Waals surface area contributed by atoms with E-state index in [9.17, 15) is 4.39 Å². The second-order valence-corrected chi connectivity index (χ2v) is 6.47. The summed E-state index contributed by atoms with van der Waals surface area (Å²) in [6, 6.07) is 10.7. The lowest BCUT2D eigenvalue weighted by Gasteiger charge is -2.36. The number of aromatic nitrogens is 3. The van der Waals surface area contributed by atoms with Crippen molar-refractivity contribution in [2.24, 2.45) is 0 Å². The van der Waals surface area contributed by atoms with E-state index in [-0.39, 0.29) is 11.5 Å². The fraction of sp³-hybridized carbons (Fsp3) is 0.278. The summed E-state index contributed by atoms with van der Waals surface area (Å²) in [6.07, 6.45) is 1.86. The maximum absolute atomic E-state index is 13.0. The highest BCUT2D eigenvalue weighted by Crippen LogP contribution is 2.43. The van der Waals surface area contributed by atoms with Gasteiger partial charge in [0.05, 0.1) is 12.1 Å². The Morgan fingerprint density at radius 3 is 2.79 bits per heavy atom. The molecule has 1 atom stereocenters. The third kappa shape index (κ3) is 2.64. The fourth-order valence-corrected chi connectivity index (χ4v) is 3.01. The van der Waals surface area contributed by atoms with Crippen molar-refractivity contribution in [3.8, 4) is 17.3 Å². The number of ether oxygens (including phenoxy) is 1. The number of benzene rings is 1. The lowest BCUT2D eigenvalue weighted by molar-refractivity contribution is 0.0725. The zero-order chi connectivity index (χ0) is 16.7. The van der Waals surface area contributed by atoms with Crippen LogP contribution >= 0.6 is 0 Å². The van der Waals surface area contributed by atoms with Gasteiger partial charge in [-0.15, -0.1) is 0 Å². The molecule has 24 heavy (non-hydrogen) atoms. The Kier molecular flexibility index (Phi) is 3.33. The summed E-state index contributed by atoms with van der Waals surface area (Å²) in [5.41, 5.74) is 1.17. The monoisotopic (exact) mass is 325 g/mol. The molecule has 0 saturated carbocycles. The third-order valence-corrected chi connectivity index (χ3v) is 4.07. The number of fused-ring (bicyclic) bond motifs is 1. The molecule has 1 aliphatic heterocycles. The zero-order valence-corrected chi connectivity index (χ0v) is 13.4. The molecule has 0 radical (unpaired) electrons. The van der Waals surface area contributed by atoms with Gasteiger partial charge in [0.25, 0.3) is 0 Å². The SMILES string of the molecule is CC1(C)CC(c2nc(-c3ccc(F)cn3)no2)c2ccccc2O1. The van der Waals surface area contributed by atoms with Gasteiger partial charge in [-0.25, -0.2) is 9.37 Å². The van der Waals surface area contributed by atoms with E-state index in [0.717, 1.165) is 23.9 Å². The average molecular weight is 325 g/mol. The molecule has 0 saturated heterocycles. The second-order valence-electron chi connectivity index (χ2n) is 6.47. The average Bonchev–Trinajstić information content (AvgIpc) is 3.04. The molecule has 4 rings (SSSR count). The van der Waals surface area contributed by atoms with Crippen molar-refractivity contribution < 1.29 is 13.7 Å². The Hall–Kier alpha value is -2.76. The molecule has 2 aromatic heterocycles. The van der Waals surface area contributed by atoms with Crippen LogP contribution in [0.1, 0.15) is 37.6 Å². The molecule has 0 fully saturated rings. The normalized spacial score (nSPS) is 18.7. The van der Waals surface area contributed by atoms with Crippen LogP contribution in [0.3, 0.4) is 0 Å². The van der Waals surface area contributed by atoms with Crippen LogP contribution in [0.25, 0.3) is 11.5 Å². The summed E-state index contributed by atoms with van der Waals surface area (Å²) in [6.45, 7) is 4.07. The standard InChI is InChI=1S/C18H16FN3O2/c1-18(2)9-13(12-5-3-4-6-15(12)23-18)17-21-16(22-24-17)14-8-7-11(19)10-20-14/h3-8,10,13H,9H2,1-2H3. The van der Waals surface area contributed by atoms with E-state index >= 15 is 0 Å². The fourth-order valence-electron chi connectivity index (χ4n) is 3.01. The Morgan fingerprint density at radius 1 is 1.17 bits per heavy atom. The lowest BCUT2D eigenvalue weighted by Crippen LogP contribution is -2.35. The number of nitrogens with zero attached hydrogens (tertiary/aromatic N) is 3. The van der Waals surface area contributed by atoms with Crippen LogP contribution in [0.4, 0.5) is 4.39 Å².